The lowest BCUT2D eigenvalue weighted by Crippen LogP contribution is -2.35. The van der Waals surface area contributed by atoms with Crippen molar-refractivity contribution < 1.29 is 14.2 Å². The Hall–Kier alpha value is -4.42. The molecule has 2 aromatic rings. The second-order valence-corrected chi connectivity index (χ2v) is 9.39. The first-order chi connectivity index (χ1) is 17.3. The summed E-state index contributed by atoms with van der Waals surface area (Å²) in [4.78, 5) is 2.21. The van der Waals surface area contributed by atoms with Gasteiger partial charge in [-0.05, 0) is 42.2 Å². The lowest BCUT2D eigenvalue weighted by Gasteiger charge is -2.40. The smallest absolute Gasteiger partial charge is 0.143 e. The Morgan fingerprint density at radius 3 is 2.42 bits per heavy atom. The van der Waals surface area contributed by atoms with Crippen LogP contribution < -0.4 is 14.4 Å². The summed E-state index contributed by atoms with van der Waals surface area (Å²) in [6, 6.07) is 15.5. The van der Waals surface area contributed by atoms with Crippen molar-refractivity contribution in [2.24, 2.45) is 0 Å². The summed E-state index contributed by atoms with van der Waals surface area (Å²) in [5.41, 5.74) is 4.28. The number of hydrogen-bond donors (Lipinski definition) is 0. The summed E-state index contributed by atoms with van der Waals surface area (Å²) in [6.07, 6.45) is 8.15. The van der Waals surface area contributed by atoms with Crippen molar-refractivity contribution in [2.45, 2.75) is 25.7 Å². The first-order valence-corrected chi connectivity index (χ1v) is 11.7. The van der Waals surface area contributed by atoms with Gasteiger partial charge in [0, 0.05) is 35.9 Å². The highest BCUT2D eigenvalue weighted by molar-refractivity contribution is 5.78. The van der Waals surface area contributed by atoms with Gasteiger partial charge in [-0.3, -0.25) is 0 Å². The van der Waals surface area contributed by atoms with Gasteiger partial charge < -0.3 is 19.1 Å². The summed E-state index contributed by atoms with van der Waals surface area (Å²) >= 11 is 0. The van der Waals surface area contributed by atoms with Gasteiger partial charge in [0.1, 0.15) is 40.7 Å². The highest BCUT2D eigenvalue weighted by atomic mass is 16.5. The zero-order chi connectivity index (χ0) is 25.9. The van der Waals surface area contributed by atoms with Crippen molar-refractivity contribution in [3.05, 3.63) is 88.2 Å². The minimum absolute atomic E-state index is 0.0236. The molecule has 0 radical (unpaired) electrons. The van der Waals surface area contributed by atoms with Crippen LogP contribution in [0.4, 0.5) is 5.69 Å². The highest BCUT2D eigenvalue weighted by Crippen LogP contribution is 2.51. The number of nitrogens with zero attached hydrogens (tertiary/aromatic N) is 3. The number of methoxy groups -OCH3 is 2. The third-order valence-electron chi connectivity index (χ3n) is 6.61. The first kappa shape index (κ1) is 24.7. The molecule has 0 amide bonds. The molecular weight excluding hydrogens is 450 g/mol. The van der Waals surface area contributed by atoms with Crippen LogP contribution >= 0.6 is 0 Å². The molecule has 2 heterocycles. The molecule has 0 unspecified atom stereocenters. The molecule has 2 aliphatic rings. The minimum Gasteiger partial charge on any atom is -0.496 e. The summed E-state index contributed by atoms with van der Waals surface area (Å²) in [5.74, 6) is 2.64. The number of ether oxygens (including phenoxy) is 3. The predicted molar refractivity (Wildman–Crippen MR) is 141 cm³/mol. The Balaban J connectivity index is 1.82. The molecule has 182 valence electrons. The Bertz CT molecular complexity index is 1370. The van der Waals surface area contributed by atoms with Gasteiger partial charge in [0.15, 0.2) is 0 Å². The van der Waals surface area contributed by atoms with Crippen molar-refractivity contribution in [1.82, 2.24) is 0 Å². The average Bonchev–Trinajstić information content (AvgIpc) is 2.90. The maximum Gasteiger partial charge on any atom is 0.143 e. The second-order valence-electron chi connectivity index (χ2n) is 9.39. The van der Waals surface area contributed by atoms with Crippen molar-refractivity contribution >= 4 is 17.5 Å². The van der Waals surface area contributed by atoms with E-state index in [1.807, 2.05) is 60.7 Å². The molecule has 6 heteroatoms. The zero-order valence-electron chi connectivity index (χ0n) is 21.3. The molecule has 0 saturated carbocycles. The van der Waals surface area contributed by atoms with Gasteiger partial charge in [0.25, 0.3) is 0 Å². The zero-order valence-corrected chi connectivity index (χ0v) is 21.3. The second kappa shape index (κ2) is 10.1. The normalized spacial score (nSPS) is 16.2. The molecule has 0 spiro atoms. The largest absolute Gasteiger partial charge is 0.496 e. The molecule has 0 bridgehead atoms. The van der Waals surface area contributed by atoms with E-state index >= 15 is 0 Å². The van der Waals surface area contributed by atoms with E-state index in [9.17, 15) is 10.5 Å². The van der Waals surface area contributed by atoms with Gasteiger partial charge >= 0.3 is 0 Å². The molecule has 0 aliphatic carbocycles. The van der Waals surface area contributed by atoms with Crippen LogP contribution in [0.1, 0.15) is 37.0 Å². The summed E-state index contributed by atoms with van der Waals surface area (Å²) in [6.45, 7) is 5.38. The average molecular weight is 480 g/mol. The Morgan fingerprint density at radius 2 is 1.78 bits per heavy atom. The van der Waals surface area contributed by atoms with Gasteiger partial charge in [-0.2, -0.15) is 10.5 Å². The number of nitriles is 2. The van der Waals surface area contributed by atoms with Crippen LogP contribution in [0.2, 0.25) is 0 Å². The van der Waals surface area contributed by atoms with E-state index in [0.29, 0.717) is 17.1 Å². The third kappa shape index (κ3) is 4.59. The van der Waals surface area contributed by atoms with Gasteiger partial charge in [-0.1, -0.05) is 44.2 Å². The Kier molecular flexibility index (Phi) is 6.90. The molecule has 0 N–H and O–H groups in total. The van der Waals surface area contributed by atoms with Crippen LogP contribution in [0.3, 0.4) is 0 Å². The van der Waals surface area contributed by atoms with E-state index in [0.717, 1.165) is 46.8 Å². The third-order valence-corrected chi connectivity index (χ3v) is 6.61. The highest BCUT2D eigenvalue weighted by Gasteiger charge is 2.36. The van der Waals surface area contributed by atoms with Crippen LogP contribution in [0.25, 0.3) is 11.8 Å². The quantitative estimate of drug-likeness (QED) is 0.480. The van der Waals surface area contributed by atoms with E-state index in [1.165, 1.54) is 0 Å². The fraction of sp³-hybridized carbons (Fsp3) is 0.267. The molecular formula is C30H29N3O3. The van der Waals surface area contributed by atoms with Gasteiger partial charge in [-0.25, -0.2) is 0 Å². The molecule has 4 rings (SSSR count). The number of fused-ring (bicyclic) bond motifs is 1. The van der Waals surface area contributed by atoms with Crippen molar-refractivity contribution in [3.63, 3.8) is 0 Å². The lowest BCUT2D eigenvalue weighted by molar-refractivity contribution is 0.368. The van der Waals surface area contributed by atoms with Gasteiger partial charge in [-0.15, -0.1) is 0 Å². The number of hydrogen-bond acceptors (Lipinski definition) is 6. The van der Waals surface area contributed by atoms with Crippen molar-refractivity contribution in [3.8, 4) is 23.6 Å². The molecule has 2 aromatic carbocycles. The van der Waals surface area contributed by atoms with Crippen molar-refractivity contribution in [1.29, 1.82) is 10.5 Å². The number of rotatable bonds is 5. The fourth-order valence-electron chi connectivity index (χ4n) is 4.66. The van der Waals surface area contributed by atoms with E-state index in [1.54, 1.807) is 26.4 Å². The lowest BCUT2D eigenvalue weighted by atomic mass is 9.76. The summed E-state index contributed by atoms with van der Waals surface area (Å²) in [7, 11) is 5.43. The molecule has 36 heavy (non-hydrogen) atoms. The molecule has 0 fully saturated rings. The molecule has 2 aliphatic heterocycles. The summed E-state index contributed by atoms with van der Waals surface area (Å²) < 4.78 is 17.9. The fourth-order valence-corrected chi connectivity index (χ4v) is 4.66. The molecule has 0 atom stereocenters. The monoisotopic (exact) mass is 479 g/mol. The van der Waals surface area contributed by atoms with E-state index in [-0.39, 0.29) is 11.0 Å². The van der Waals surface area contributed by atoms with E-state index < -0.39 is 0 Å². The van der Waals surface area contributed by atoms with Gasteiger partial charge in [0.05, 0.1) is 19.9 Å². The van der Waals surface area contributed by atoms with Crippen LogP contribution in [-0.2, 0) is 10.2 Å². The van der Waals surface area contributed by atoms with E-state index in [4.69, 9.17) is 14.2 Å². The first-order valence-electron chi connectivity index (χ1n) is 11.7. The number of allylic oxidation sites excluding steroid dienone is 5. The van der Waals surface area contributed by atoms with Crippen LogP contribution in [0.15, 0.2) is 71.5 Å². The van der Waals surface area contributed by atoms with Crippen LogP contribution in [0.5, 0.6) is 11.5 Å². The minimum atomic E-state index is -0.0987. The maximum atomic E-state index is 9.46. The summed E-state index contributed by atoms with van der Waals surface area (Å²) in [5, 5.41) is 18.9. The molecule has 0 aromatic heterocycles. The predicted octanol–water partition coefficient (Wildman–Crippen LogP) is 6.13. The Labute approximate surface area is 212 Å². The van der Waals surface area contributed by atoms with E-state index in [2.05, 4.69) is 25.8 Å². The topological polar surface area (TPSA) is 78.5 Å². The van der Waals surface area contributed by atoms with Crippen LogP contribution in [-0.4, -0.2) is 27.8 Å². The van der Waals surface area contributed by atoms with Crippen LogP contribution in [0, 0.1) is 22.7 Å². The number of anilines is 1. The van der Waals surface area contributed by atoms with Crippen molar-refractivity contribution in [2.75, 3.05) is 32.7 Å². The SMILES string of the molecule is COc1cc(/C=C/C2=CC(=C(C#N)C#N)C=C(c3ccccc3)O2)c(OC)c2c1N(C)CCC2(C)C. The molecule has 6 nitrogen and oxygen atoms in total. The number of benzene rings is 2. The standard InChI is InChI=1S/C30H29N3O3/c1-30(2)13-14-33(3)28-26(34-4)16-21(29(35-5)27(28)30)11-12-24-15-22(23(18-31)19-32)17-25(36-24)20-9-7-6-8-10-20/h6-12,15-17H,13-14H2,1-5H3/b12-11+. The molecule has 0 saturated heterocycles. The Morgan fingerprint density at radius 1 is 1.06 bits per heavy atom. The van der Waals surface area contributed by atoms with Gasteiger partial charge in [0.2, 0.25) is 0 Å². The maximum absolute atomic E-state index is 9.46.